The standard InChI is InChI=1S/C20H17ClN2O3S/c21-16-12-10-15(11-13-16)14-22-20(24)18-8-4-5-9-19(18)23-27(25,26)17-6-2-1-3-7-17/h1-13,23H,14H2,(H,22,24). The number of carbonyl (C=O) groups excluding carboxylic acids is 1. The summed E-state index contributed by atoms with van der Waals surface area (Å²) >= 11 is 5.85. The molecule has 0 aliphatic heterocycles. The summed E-state index contributed by atoms with van der Waals surface area (Å²) in [5, 5.41) is 3.40. The summed E-state index contributed by atoms with van der Waals surface area (Å²) in [6.45, 7) is 0.301. The predicted octanol–water partition coefficient (Wildman–Crippen LogP) is 4.07. The van der Waals surface area contributed by atoms with Gasteiger partial charge in [-0.3, -0.25) is 9.52 Å². The number of para-hydroxylation sites is 1. The summed E-state index contributed by atoms with van der Waals surface area (Å²) in [5.41, 5.74) is 1.34. The van der Waals surface area contributed by atoms with Crippen LogP contribution in [0.25, 0.3) is 0 Å². The zero-order valence-corrected chi connectivity index (χ0v) is 15.8. The largest absolute Gasteiger partial charge is 0.348 e. The smallest absolute Gasteiger partial charge is 0.261 e. The van der Waals surface area contributed by atoms with E-state index in [0.29, 0.717) is 11.6 Å². The molecule has 1 amide bonds. The summed E-state index contributed by atoms with van der Waals surface area (Å²) in [5.74, 6) is -0.378. The number of sulfonamides is 1. The number of anilines is 1. The highest BCUT2D eigenvalue weighted by Crippen LogP contribution is 2.20. The predicted molar refractivity (Wildman–Crippen MR) is 106 cm³/mol. The van der Waals surface area contributed by atoms with Crippen molar-refractivity contribution >= 4 is 33.2 Å². The third-order valence-electron chi connectivity index (χ3n) is 3.84. The summed E-state index contributed by atoms with van der Waals surface area (Å²) < 4.78 is 27.5. The van der Waals surface area contributed by atoms with Gasteiger partial charge in [0.15, 0.2) is 0 Å². The first-order chi connectivity index (χ1) is 13.0. The molecule has 3 aromatic rings. The Labute approximate surface area is 163 Å². The SMILES string of the molecule is O=C(NCc1ccc(Cl)cc1)c1ccccc1NS(=O)(=O)c1ccccc1. The van der Waals surface area contributed by atoms with Gasteiger partial charge in [-0.25, -0.2) is 8.42 Å². The van der Waals surface area contributed by atoms with Gasteiger partial charge >= 0.3 is 0 Å². The van der Waals surface area contributed by atoms with Crippen LogP contribution in [0.5, 0.6) is 0 Å². The molecule has 0 aromatic heterocycles. The molecule has 0 radical (unpaired) electrons. The van der Waals surface area contributed by atoms with Gasteiger partial charge in [-0.1, -0.05) is 54.1 Å². The summed E-state index contributed by atoms with van der Waals surface area (Å²) in [6.07, 6.45) is 0. The van der Waals surface area contributed by atoms with Crippen molar-refractivity contribution in [3.8, 4) is 0 Å². The molecule has 0 saturated carbocycles. The zero-order valence-electron chi connectivity index (χ0n) is 14.2. The van der Waals surface area contributed by atoms with E-state index in [-0.39, 0.29) is 22.1 Å². The van der Waals surface area contributed by atoms with E-state index in [4.69, 9.17) is 11.6 Å². The Morgan fingerprint density at radius 2 is 1.48 bits per heavy atom. The molecular formula is C20H17ClN2O3S. The lowest BCUT2D eigenvalue weighted by molar-refractivity contribution is 0.0952. The Hall–Kier alpha value is -2.83. The fourth-order valence-corrected chi connectivity index (χ4v) is 3.68. The maximum absolute atomic E-state index is 12.6. The van der Waals surface area contributed by atoms with Gasteiger partial charge in [-0.15, -0.1) is 0 Å². The molecule has 0 heterocycles. The van der Waals surface area contributed by atoms with Crippen molar-refractivity contribution in [2.24, 2.45) is 0 Å². The van der Waals surface area contributed by atoms with Gasteiger partial charge in [-0.2, -0.15) is 0 Å². The molecule has 7 heteroatoms. The first-order valence-electron chi connectivity index (χ1n) is 8.15. The van der Waals surface area contributed by atoms with Crippen molar-refractivity contribution in [3.05, 3.63) is 95.0 Å². The Kier molecular flexibility index (Phi) is 5.78. The lowest BCUT2D eigenvalue weighted by atomic mass is 10.1. The highest BCUT2D eigenvalue weighted by atomic mass is 35.5. The maximum atomic E-state index is 12.6. The lowest BCUT2D eigenvalue weighted by Crippen LogP contribution is -2.25. The van der Waals surface area contributed by atoms with E-state index in [9.17, 15) is 13.2 Å². The van der Waals surface area contributed by atoms with Crippen LogP contribution in [0, 0.1) is 0 Å². The zero-order chi connectivity index (χ0) is 19.3. The fourth-order valence-electron chi connectivity index (χ4n) is 2.45. The number of halogens is 1. The second-order valence-electron chi connectivity index (χ2n) is 5.77. The molecule has 0 unspecified atom stereocenters. The molecule has 138 valence electrons. The number of carbonyl (C=O) groups is 1. The average Bonchev–Trinajstić information content (AvgIpc) is 2.68. The summed E-state index contributed by atoms with van der Waals surface area (Å²) in [4.78, 5) is 12.7. The Morgan fingerprint density at radius 3 is 2.19 bits per heavy atom. The highest BCUT2D eigenvalue weighted by molar-refractivity contribution is 7.92. The van der Waals surface area contributed by atoms with E-state index in [0.717, 1.165) is 5.56 Å². The Morgan fingerprint density at radius 1 is 0.852 bits per heavy atom. The van der Waals surface area contributed by atoms with Crippen molar-refractivity contribution in [1.29, 1.82) is 0 Å². The van der Waals surface area contributed by atoms with Crippen molar-refractivity contribution in [2.75, 3.05) is 4.72 Å². The van der Waals surface area contributed by atoms with E-state index in [1.165, 1.54) is 12.1 Å². The first-order valence-corrected chi connectivity index (χ1v) is 10.0. The van der Waals surface area contributed by atoms with Crippen molar-refractivity contribution in [3.63, 3.8) is 0 Å². The molecule has 0 spiro atoms. The van der Waals surface area contributed by atoms with Crippen LogP contribution in [0.15, 0.2) is 83.8 Å². The molecular weight excluding hydrogens is 384 g/mol. The molecule has 2 N–H and O–H groups in total. The second-order valence-corrected chi connectivity index (χ2v) is 7.89. The Bertz CT molecular complexity index is 1040. The molecule has 0 fully saturated rings. The second kappa shape index (κ2) is 8.24. The molecule has 0 saturated heterocycles. The molecule has 27 heavy (non-hydrogen) atoms. The molecule has 0 atom stereocenters. The van der Waals surface area contributed by atoms with E-state index in [1.54, 1.807) is 54.6 Å². The van der Waals surface area contributed by atoms with Gasteiger partial charge < -0.3 is 5.32 Å². The lowest BCUT2D eigenvalue weighted by Gasteiger charge is -2.13. The van der Waals surface area contributed by atoms with Gasteiger partial charge in [0.2, 0.25) is 0 Å². The summed E-state index contributed by atoms with van der Waals surface area (Å²) in [7, 11) is -3.79. The van der Waals surface area contributed by atoms with E-state index < -0.39 is 10.0 Å². The van der Waals surface area contributed by atoms with Crippen LogP contribution >= 0.6 is 11.6 Å². The van der Waals surface area contributed by atoms with Gasteiger partial charge in [-0.05, 0) is 42.0 Å². The molecule has 0 bridgehead atoms. The Balaban J connectivity index is 1.77. The van der Waals surface area contributed by atoms with Crippen molar-refractivity contribution in [2.45, 2.75) is 11.4 Å². The third-order valence-corrected chi connectivity index (χ3v) is 5.47. The normalized spacial score (nSPS) is 11.0. The molecule has 5 nitrogen and oxygen atoms in total. The number of nitrogens with one attached hydrogen (secondary N) is 2. The summed E-state index contributed by atoms with van der Waals surface area (Å²) in [6, 6.07) is 21.6. The van der Waals surface area contributed by atoms with Gasteiger partial charge in [0, 0.05) is 11.6 Å². The van der Waals surface area contributed by atoms with Crippen LogP contribution in [0.1, 0.15) is 15.9 Å². The van der Waals surface area contributed by atoms with Crippen LogP contribution in [-0.2, 0) is 16.6 Å². The highest BCUT2D eigenvalue weighted by Gasteiger charge is 2.18. The van der Waals surface area contributed by atoms with Crippen LogP contribution in [0.2, 0.25) is 5.02 Å². The minimum absolute atomic E-state index is 0.126. The van der Waals surface area contributed by atoms with E-state index in [2.05, 4.69) is 10.0 Å². The topological polar surface area (TPSA) is 75.3 Å². The van der Waals surface area contributed by atoms with Crippen molar-refractivity contribution in [1.82, 2.24) is 5.32 Å². The quantitative estimate of drug-likeness (QED) is 0.654. The fraction of sp³-hybridized carbons (Fsp3) is 0.0500. The molecule has 0 aliphatic carbocycles. The maximum Gasteiger partial charge on any atom is 0.261 e. The van der Waals surface area contributed by atoms with E-state index >= 15 is 0 Å². The molecule has 3 aromatic carbocycles. The van der Waals surface area contributed by atoms with Crippen LogP contribution in [-0.4, -0.2) is 14.3 Å². The van der Waals surface area contributed by atoms with E-state index in [1.807, 2.05) is 12.1 Å². The third kappa shape index (κ3) is 4.87. The monoisotopic (exact) mass is 400 g/mol. The van der Waals surface area contributed by atoms with Crippen LogP contribution in [0.3, 0.4) is 0 Å². The molecule has 3 rings (SSSR count). The number of benzene rings is 3. The minimum Gasteiger partial charge on any atom is -0.348 e. The van der Waals surface area contributed by atoms with Gasteiger partial charge in [0.1, 0.15) is 0 Å². The number of amides is 1. The molecule has 0 aliphatic rings. The van der Waals surface area contributed by atoms with Crippen LogP contribution < -0.4 is 10.0 Å². The van der Waals surface area contributed by atoms with Crippen molar-refractivity contribution < 1.29 is 13.2 Å². The number of rotatable bonds is 6. The average molecular weight is 401 g/mol. The number of hydrogen-bond donors (Lipinski definition) is 2. The van der Waals surface area contributed by atoms with Gasteiger partial charge in [0.25, 0.3) is 15.9 Å². The number of hydrogen-bond acceptors (Lipinski definition) is 3. The van der Waals surface area contributed by atoms with Gasteiger partial charge in [0.05, 0.1) is 16.1 Å². The van der Waals surface area contributed by atoms with Crippen LogP contribution in [0.4, 0.5) is 5.69 Å². The minimum atomic E-state index is -3.79. The first kappa shape index (κ1) is 18.9.